The second-order valence-corrected chi connectivity index (χ2v) is 4.45. The van der Waals surface area contributed by atoms with Crippen LogP contribution in [0.5, 0.6) is 5.95 Å². The number of rotatable bonds is 5. The highest BCUT2D eigenvalue weighted by Gasteiger charge is 2.31. The minimum absolute atomic E-state index is 0.178. The van der Waals surface area contributed by atoms with Crippen LogP contribution in [-0.4, -0.2) is 7.11 Å². The second-order valence-electron chi connectivity index (χ2n) is 4.45. The number of furan rings is 1. The number of hydrogen-bond donors (Lipinski definition) is 0. The average Bonchev–Trinajstić information content (AvgIpc) is 2.60. The van der Waals surface area contributed by atoms with Crippen molar-refractivity contribution in [2.45, 2.75) is 52.4 Å². The number of methoxy groups -OCH3 is 1. The first-order chi connectivity index (χ1) is 7.09. The Hall–Kier alpha value is -0.920. The fraction of sp³-hybridized carbons (Fsp3) is 0.692. The lowest BCUT2D eigenvalue weighted by Crippen LogP contribution is -2.21. The molecule has 0 N–H and O–H groups in total. The van der Waals surface area contributed by atoms with Crippen molar-refractivity contribution in [3.8, 4) is 5.95 Å². The van der Waals surface area contributed by atoms with Crippen LogP contribution in [0.25, 0.3) is 0 Å². The van der Waals surface area contributed by atoms with Gasteiger partial charge in [0, 0.05) is 5.56 Å². The van der Waals surface area contributed by atoms with Gasteiger partial charge in [-0.3, -0.25) is 0 Å². The Bertz CT molecular complexity index is 314. The first-order valence-corrected chi connectivity index (χ1v) is 5.71. The Morgan fingerprint density at radius 3 is 2.53 bits per heavy atom. The van der Waals surface area contributed by atoms with Gasteiger partial charge in [-0.2, -0.15) is 0 Å². The van der Waals surface area contributed by atoms with Crippen molar-refractivity contribution in [3.05, 3.63) is 17.4 Å². The van der Waals surface area contributed by atoms with E-state index in [1.165, 1.54) is 24.0 Å². The maximum atomic E-state index is 5.42. The Morgan fingerprint density at radius 1 is 1.40 bits per heavy atom. The smallest absolute Gasteiger partial charge is 0.288 e. The fourth-order valence-electron chi connectivity index (χ4n) is 2.32. The van der Waals surface area contributed by atoms with E-state index in [-0.39, 0.29) is 5.41 Å². The van der Waals surface area contributed by atoms with E-state index in [0.29, 0.717) is 5.95 Å². The van der Waals surface area contributed by atoms with E-state index in [2.05, 4.69) is 27.7 Å². The van der Waals surface area contributed by atoms with Gasteiger partial charge < -0.3 is 9.15 Å². The quantitative estimate of drug-likeness (QED) is 0.731. The fourth-order valence-corrected chi connectivity index (χ4v) is 2.32. The van der Waals surface area contributed by atoms with Gasteiger partial charge in [0.1, 0.15) is 0 Å². The third-order valence-electron chi connectivity index (χ3n) is 3.31. The van der Waals surface area contributed by atoms with Gasteiger partial charge in [0.25, 0.3) is 5.95 Å². The first-order valence-electron chi connectivity index (χ1n) is 5.71. The van der Waals surface area contributed by atoms with Crippen LogP contribution in [0.3, 0.4) is 0 Å². The summed E-state index contributed by atoms with van der Waals surface area (Å²) in [5.41, 5.74) is 2.62. The lowest BCUT2D eigenvalue weighted by Gasteiger charge is -2.28. The zero-order valence-corrected chi connectivity index (χ0v) is 10.5. The predicted octanol–water partition coefficient (Wildman–Crippen LogP) is 4.06. The lowest BCUT2D eigenvalue weighted by atomic mass is 9.76. The Morgan fingerprint density at radius 2 is 2.07 bits per heavy atom. The molecule has 1 rings (SSSR count). The summed E-state index contributed by atoms with van der Waals surface area (Å²) >= 11 is 0. The van der Waals surface area contributed by atoms with Crippen LogP contribution in [0.1, 0.15) is 51.2 Å². The summed E-state index contributed by atoms with van der Waals surface area (Å²) < 4.78 is 10.7. The van der Waals surface area contributed by atoms with Crippen LogP contribution in [-0.2, 0) is 5.41 Å². The molecule has 0 fully saturated rings. The van der Waals surface area contributed by atoms with Crippen LogP contribution < -0.4 is 4.74 Å². The molecule has 1 atom stereocenters. The monoisotopic (exact) mass is 210 g/mol. The van der Waals surface area contributed by atoms with Crippen LogP contribution in [0.2, 0.25) is 0 Å². The van der Waals surface area contributed by atoms with Gasteiger partial charge >= 0.3 is 0 Å². The molecule has 2 nitrogen and oxygen atoms in total. The molecule has 0 saturated carbocycles. The normalized spacial score (nSPS) is 15.0. The molecule has 15 heavy (non-hydrogen) atoms. The van der Waals surface area contributed by atoms with Crippen molar-refractivity contribution >= 4 is 0 Å². The van der Waals surface area contributed by atoms with Crippen molar-refractivity contribution in [2.24, 2.45) is 0 Å². The third-order valence-corrected chi connectivity index (χ3v) is 3.31. The summed E-state index contributed by atoms with van der Waals surface area (Å²) in [6.45, 7) is 8.82. The van der Waals surface area contributed by atoms with Gasteiger partial charge in [-0.15, -0.1) is 0 Å². The van der Waals surface area contributed by atoms with E-state index in [4.69, 9.17) is 9.15 Å². The van der Waals surface area contributed by atoms with Gasteiger partial charge in [-0.05, 0) is 30.7 Å². The third kappa shape index (κ3) is 2.19. The molecule has 0 saturated heterocycles. The topological polar surface area (TPSA) is 22.4 Å². The summed E-state index contributed by atoms with van der Waals surface area (Å²) in [6, 6.07) is 0. The second kappa shape index (κ2) is 4.73. The minimum atomic E-state index is 0.178. The number of aryl methyl sites for hydroxylation is 1. The molecular formula is C13H22O2. The Balaban J connectivity index is 3.15. The molecule has 2 heteroatoms. The molecule has 86 valence electrons. The largest absolute Gasteiger partial charge is 0.468 e. The first kappa shape index (κ1) is 12.2. The predicted molar refractivity (Wildman–Crippen MR) is 62.5 cm³/mol. The summed E-state index contributed by atoms with van der Waals surface area (Å²) in [4.78, 5) is 0. The molecule has 1 aromatic rings. The van der Waals surface area contributed by atoms with E-state index >= 15 is 0 Å². The van der Waals surface area contributed by atoms with Crippen molar-refractivity contribution in [3.63, 3.8) is 0 Å². The molecule has 1 unspecified atom stereocenters. The van der Waals surface area contributed by atoms with Gasteiger partial charge in [0.05, 0.1) is 13.4 Å². The maximum Gasteiger partial charge on any atom is 0.288 e. The van der Waals surface area contributed by atoms with Crippen molar-refractivity contribution in [1.29, 1.82) is 0 Å². The van der Waals surface area contributed by atoms with Gasteiger partial charge in [-0.25, -0.2) is 0 Å². The molecular weight excluding hydrogens is 188 g/mol. The van der Waals surface area contributed by atoms with Crippen molar-refractivity contribution < 1.29 is 9.15 Å². The van der Waals surface area contributed by atoms with E-state index in [1.54, 1.807) is 13.4 Å². The molecule has 1 heterocycles. The molecule has 0 aliphatic heterocycles. The minimum Gasteiger partial charge on any atom is -0.468 e. The molecule has 0 aromatic carbocycles. The summed E-state index contributed by atoms with van der Waals surface area (Å²) in [7, 11) is 1.67. The van der Waals surface area contributed by atoms with Crippen LogP contribution in [0.15, 0.2) is 10.7 Å². The highest BCUT2D eigenvalue weighted by molar-refractivity contribution is 5.38. The molecule has 0 aliphatic rings. The SMILES string of the molecule is CCCC(C)(CC)c1c(C)coc1OC. The molecule has 1 aromatic heterocycles. The van der Waals surface area contributed by atoms with E-state index in [0.717, 1.165) is 6.42 Å². The summed E-state index contributed by atoms with van der Waals surface area (Å²) in [5.74, 6) is 0.685. The summed E-state index contributed by atoms with van der Waals surface area (Å²) in [6.07, 6.45) is 5.24. The molecule has 0 amide bonds. The number of hydrogen-bond acceptors (Lipinski definition) is 2. The van der Waals surface area contributed by atoms with Crippen LogP contribution >= 0.6 is 0 Å². The molecule has 0 spiro atoms. The zero-order chi connectivity index (χ0) is 11.5. The van der Waals surface area contributed by atoms with Crippen molar-refractivity contribution in [1.82, 2.24) is 0 Å². The van der Waals surface area contributed by atoms with Crippen LogP contribution in [0, 0.1) is 6.92 Å². The Labute approximate surface area is 92.6 Å². The molecule has 0 radical (unpaired) electrons. The number of ether oxygens (including phenoxy) is 1. The van der Waals surface area contributed by atoms with Gasteiger partial charge in [0.2, 0.25) is 0 Å². The van der Waals surface area contributed by atoms with Gasteiger partial charge in [0.15, 0.2) is 0 Å². The maximum absolute atomic E-state index is 5.42. The lowest BCUT2D eigenvalue weighted by molar-refractivity contribution is 0.285. The van der Waals surface area contributed by atoms with Gasteiger partial charge in [-0.1, -0.05) is 27.2 Å². The van der Waals surface area contributed by atoms with E-state index < -0.39 is 0 Å². The Kier molecular flexibility index (Phi) is 3.83. The standard InChI is InChI=1S/C13H22O2/c1-6-8-13(4,7-2)11-10(3)9-15-12(11)14-5/h9H,6-8H2,1-5H3. The van der Waals surface area contributed by atoms with Crippen LogP contribution in [0.4, 0.5) is 0 Å². The van der Waals surface area contributed by atoms with E-state index in [1.807, 2.05) is 0 Å². The molecule has 0 aliphatic carbocycles. The summed E-state index contributed by atoms with van der Waals surface area (Å²) in [5, 5.41) is 0. The molecule has 0 bridgehead atoms. The highest BCUT2D eigenvalue weighted by atomic mass is 16.6. The van der Waals surface area contributed by atoms with E-state index in [9.17, 15) is 0 Å². The zero-order valence-electron chi connectivity index (χ0n) is 10.5. The average molecular weight is 210 g/mol. The van der Waals surface area contributed by atoms with Crippen molar-refractivity contribution in [2.75, 3.05) is 7.11 Å². The highest BCUT2D eigenvalue weighted by Crippen LogP contribution is 2.41.